The van der Waals surface area contributed by atoms with E-state index in [2.05, 4.69) is 10.0 Å². The Bertz CT molecular complexity index is 486. The van der Waals surface area contributed by atoms with E-state index in [-0.39, 0.29) is 11.4 Å². The second-order valence-corrected chi connectivity index (χ2v) is 2.68. The number of hydrogen-bond donors (Lipinski definition) is 0. The van der Waals surface area contributed by atoms with Gasteiger partial charge in [0.15, 0.2) is 0 Å². The van der Waals surface area contributed by atoms with E-state index in [1.165, 1.54) is 24.3 Å². The highest BCUT2D eigenvalue weighted by Crippen LogP contribution is 2.19. The highest BCUT2D eigenvalue weighted by Gasteiger charge is 2.05. The van der Waals surface area contributed by atoms with Crippen molar-refractivity contribution in [1.29, 1.82) is 0 Å². The highest BCUT2D eigenvalue weighted by atomic mass is 16.6. The van der Waals surface area contributed by atoms with Gasteiger partial charge < -0.3 is 0 Å². The quantitative estimate of drug-likeness (QED) is 0.147. The Balaban J connectivity index is 3.13. The van der Waals surface area contributed by atoms with Crippen LogP contribution in [-0.2, 0) is 4.79 Å². The van der Waals surface area contributed by atoms with Crippen molar-refractivity contribution in [2.45, 2.75) is 0 Å². The molecular formula is C9H6N4O3. The minimum absolute atomic E-state index is 0.0739. The van der Waals surface area contributed by atoms with Crippen molar-refractivity contribution in [3.8, 4) is 0 Å². The number of carbonyl (C=O) groups excluding carboxylic acids is 1. The zero-order chi connectivity index (χ0) is 12.0. The smallest absolute Gasteiger partial charge is 0.269 e. The number of nitro groups is 1. The molecule has 0 saturated heterocycles. The number of nitro benzene ring substituents is 1. The Labute approximate surface area is 89.8 Å². The van der Waals surface area contributed by atoms with Crippen LogP contribution in [0.15, 0.2) is 35.5 Å². The number of non-ortho nitro benzene ring substituents is 1. The van der Waals surface area contributed by atoms with Crippen LogP contribution in [0.4, 0.5) is 5.69 Å². The topological polar surface area (TPSA) is 109 Å². The van der Waals surface area contributed by atoms with Crippen LogP contribution in [0.25, 0.3) is 16.1 Å². The van der Waals surface area contributed by atoms with Crippen molar-refractivity contribution in [3.05, 3.63) is 56.5 Å². The molecule has 1 aromatic carbocycles. The van der Waals surface area contributed by atoms with Crippen molar-refractivity contribution in [3.63, 3.8) is 0 Å². The Morgan fingerprint density at radius 3 is 2.50 bits per heavy atom. The summed E-state index contributed by atoms with van der Waals surface area (Å²) in [6.45, 7) is 0. The van der Waals surface area contributed by atoms with Crippen molar-refractivity contribution in [2.75, 3.05) is 0 Å². The van der Waals surface area contributed by atoms with Crippen LogP contribution in [-0.4, -0.2) is 11.2 Å². The highest BCUT2D eigenvalue weighted by molar-refractivity contribution is 5.81. The van der Waals surface area contributed by atoms with Crippen molar-refractivity contribution >= 4 is 17.7 Å². The van der Waals surface area contributed by atoms with Crippen LogP contribution in [0, 0.1) is 10.1 Å². The predicted octanol–water partition coefficient (Wildman–Crippen LogP) is 2.44. The van der Waals surface area contributed by atoms with Gasteiger partial charge >= 0.3 is 0 Å². The molecule has 0 atom stereocenters. The van der Waals surface area contributed by atoms with E-state index in [0.29, 0.717) is 11.8 Å². The first kappa shape index (κ1) is 11.4. The van der Waals surface area contributed by atoms with E-state index < -0.39 is 4.92 Å². The third kappa shape index (κ3) is 2.66. The summed E-state index contributed by atoms with van der Waals surface area (Å²) in [7, 11) is 0. The maximum atomic E-state index is 10.4. The van der Waals surface area contributed by atoms with Crippen molar-refractivity contribution in [1.82, 2.24) is 0 Å². The van der Waals surface area contributed by atoms with Crippen LogP contribution in [0.5, 0.6) is 0 Å². The van der Waals surface area contributed by atoms with Crippen LogP contribution in [0.2, 0.25) is 0 Å². The third-order valence-corrected chi connectivity index (χ3v) is 1.75. The van der Waals surface area contributed by atoms with E-state index in [1.807, 2.05) is 0 Å². The molecule has 0 aliphatic rings. The summed E-state index contributed by atoms with van der Waals surface area (Å²) in [6, 6.07) is 5.34. The Hall–Kier alpha value is -2.66. The van der Waals surface area contributed by atoms with Crippen LogP contribution in [0.1, 0.15) is 5.56 Å². The van der Waals surface area contributed by atoms with E-state index in [9.17, 15) is 14.9 Å². The van der Waals surface area contributed by atoms with Gasteiger partial charge in [0.2, 0.25) is 0 Å². The molecule has 80 valence electrons. The molecule has 0 aliphatic heterocycles. The minimum Gasteiger partial charge on any atom is -0.299 e. The van der Waals surface area contributed by atoms with Crippen molar-refractivity contribution in [2.24, 2.45) is 5.11 Å². The van der Waals surface area contributed by atoms with Gasteiger partial charge in [0.1, 0.15) is 6.29 Å². The van der Waals surface area contributed by atoms with Crippen LogP contribution >= 0.6 is 0 Å². The molecule has 0 N–H and O–H groups in total. The fourth-order valence-electron chi connectivity index (χ4n) is 1.05. The molecule has 1 aromatic rings. The number of azide groups is 1. The third-order valence-electron chi connectivity index (χ3n) is 1.75. The normalized spacial score (nSPS) is 10.4. The second-order valence-electron chi connectivity index (χ2n) is 2.68. The summed E-state index contributed by atoms with van der Waals surface area (Å²) in [4.78, 5) is 22.7. The largest absolute Gasteiger partial charge is 0.299 e. The first-order valence-corrected chi connectivity index (χ1v) is 4.14. The van der Waals surface area contributed by atoms with Gasteiger partial charge in [-0.1, -0.05) is 5.11 Å². The monoisotopic (exact) mass is 218 g/mol. The molecule has 7 nitrogen and oxygen atoms in total. The molecule has 1 rings (SSSR count). The first-order chi connectivity index (χ1) is 7.69. The lowest BCUT2D eigenvalue weighted by Crippen LogP contribution is -1.88. The Morgan fingerprint density at radius 1 is 1.44 bits per heavy atom. The maximum absolute atomic E-state index is 10.4. The molecule has 0 bridgehead atoms. The summed E-state index contributed by atoms with van der Waals surface area (Å²) in [6.07, 6.45) is 1.56. The van der Waals surface area contributed by atoms with Crippen LogP contribution < -0.4 is 0 Å². The van der Waals surface area contributed by atoms with E-state index in [4.69, 9.17) is 5.53 Å². The Kier molecular flexibility index (Phi) is 3.77. The fourth-order valence-corrected chi connectivity index (χ4v) is 1.05. The molecule has 0 aliphatic carbocycles. The summed E-state index contributed by atoms with van der Waals surface area (Å²) in [5, 5.41) is 13.7. The maximum Gasteiger partial charge on any atom is 0.269 e. The molecule has 0 saturated carbocycles. The zero-order valence-corrected chi connectivity index (χ0v) is 7.98. The molecule has 0 heterocycles. The van der Waals surface area contributed by atoms with Gasteiger partial charge in [-0.15, -0.1) is 0 Å². The van der Waals surface area contributed by atoms with E-state index in [1.54, 1.807) is 0 Å². The molecule has 0 aromatic heterocycles. The summed E-state index contributed by atoms with van der Waals surface area (Å²) < 4.78 is 0. The predicted molar refractivity (Wildman–Crippen MR) is 56.3 cm³/mol. The zero-order valence-electron chi connectivity index (χ0n) is 7.98. The number of carbonyl (C=O) groups is 1. The number of rotatable bonds is 4. The number of allylic oxidation sites excluding steroid dienone is 1. The molecule has 16 heavy (non-hydrogen) atoms. The summed E-state index contributed by atoms with van der Waals surface area (Å²) in [5.41, 5.74) is 8.75. The van der Waals surface area contributed by atoms with Gasteiger partial charge in [0, 0.05) is 22.7 Å². The first-order valence-electron chi connectivity index (χ1n) is 4.14. The van der Waals surface area contributed by atoms with Gasteiger partial charge in [-0.3, -0.25) is 14.9 Å². The molecular weight excluding hydrogens is 212 g/mol. The van der Waals surface area contributed by atoms with Gasteiger partial charge in [0.05, 0.1) is 4.92 Å². The molecule has 7 heteroatoms. The van der Waals surface area contributed by atoms with E-state index >= 15 is 0 Å². The summed E-state index contributed by atoms with van der Waals surface area (Å²) in [5.74, 6) is 0. The van der Waals surface area contributed by atoms with Gasteiger partial charge in [-0.25, -0.2) is 0 Å². The number of aldehydes is 1. The molecule has 0 spiro atoms. The lowest BCUT2D eigenvalue weighted by Gasteiger charge is -1.98. The average Bonchev–Trinajstić information content (AvgIpc) is 2.29. The lowest BCUT2D eigenvalue weighted by molar-refractivity contribution is -0.384. The lowest BCUT2D eigenvalue weighted by atomic mass is 10.1. The standard InChI is InChI=1S/C9H6N4O3/c10-12-11-9(5-6-14)7-1-3-8(4-2-7)13(15)16/h1-6H/b9-5-. The molecule has 0 amide bonds. The number of hydrogen-bond acceptors (Lipinski definition) is 4. The molecule has 0 unspecified atom stereocenters. The SMILES string of the molecule is [N-]=[N+]=N/C(=C\C=O)c1ccc([N+](=O)[O-])cc1. The number of benzene rings is 1. The molecule has 0 radical (unpaired) electrons. The molecule has 0 fully saturated rings. The Morgan fingerprint density at radius 2 is 2.06 bits per heavy atom. The second kappa shape index (κ2) is 5.28. The van der Waals surface area contributed by atoms with Gasteiger partial charge in [-0.05, 0) is 29.3 Å². The number of nitrogens with zero attached hydrogens (tertiary/aromatic N) is 4. The van der Waals surface area contributed by atoms with Gasteiger partial charge in [0.25, 0.3) is 5.69 Å². The van der Waals surface area contributed by atoms with E-state index in [0.717, 1.165) is 6.08 Å². The fraction of sp³-hybridized carbons (Fsp3) is 0. The minimum atomic E-state index is -0.541. The average molecular weight is 218 g/mol. The van der Waals surface area contributed by atoms with Gasteiger partial charge in [-0.2, -0.15) is 0 Å². The van der Waals surface area contributed by atoms with Crippen LogP contribution in [0.3, 0.4) is 0 Å². The summed E-state index contributed by atoms with van der Waals surface area (Å²) >= 11 is 0. The van der Waals surface area contributed by atoms with Crippen molar-refractivity contribution < 1.29 is 9.72 Å².